The van der Waals surface area contributed by atoms with Crippen LogP contribution in [0.4, 0.5) is 4.79 Å². The predicted molar refractivity (Wildman–Crippen MR) is 70.1 cm³/mol. The zero-order valence-electron chi connectivity index (χ0n) is 10.3. The topological polar surface area (TPSA) is 46.6 Å². The molecule has 0 N–H and O–H groups in total. The van der Waals surface area contributed by atoms with Crippen LogP contribution in [-0.4, -0.2) is 29.0 Å². The first kappa shape index (κ1) is 13.1. The van der Waals surface area contributed by atoms with Crippen molar-refractivity contribution < 1.29 is 14.3 Å². The van der Waals surface area contributed by atoms with E-state index in [1.807, 2.05) is 24.3 Å². The first-order valence-corrected chi connectivity index (χ1v) is 6.49. The Morgan fingerprint density at radius 1 is 1.28 bits per heavy atom. The number of cyclic esters (lactones) is 1. The highest BCUT2D eigenvalue weighted by molar-refractivity contribution is 9.10. The molecule has 1 aromatic carbocycles. The number of nitrogens with zero attached hydrogens (tertiary/aromatic N) is 1. The van der Waals surface area contributed by atoms with Crippen molar-refractivity contribution in [3.63, 3.8) is 0 Å². The molecule has 0 unspecified atom stereocenters. The van der Waals surface area contributed by atoms with E-state index in [0.717, 1.165) is 10.0 Å². The number of rotatable bonds is 3. The second-order valence-electron chi connectivity index (χ2n) is 4.68. The number of hydrogen-bond acceptors (Lipinski definition) is 3. The molecule has 18 heavy (non-hydrogen) atoms. The molecule has 0 bridgehead atoms. The highest BCUT2D eigenvalue weighted by Gasteiger charge is 2.46. The average molecular weight is 312 g/mol. The Balaban J connectivity index is 2.06. The summed E-state index contributed by atoms with van der Waals surface area (Å²) in [5.41, 5.74) is 0.0215. The van der Waals surface area contributed by atoms with E-state index >= 15 is 0 Å². The Morgan fingerprint density at radius 2 is 1.94 bits per heavy atom. The molecule has 0 radical (unpaired) electrons. The molecule has 1 aliphatic heterocycles. The van der Waals surface area contributed by atoms with E-state index in [9.17, 15) is 9.59 Å². The minimum atomic E-state index is -1.04. The molecule has 0 saturated carbocycles. The third kappa shape index (κ3) is 2.41. The van der Waals surface area contributed by atoms with Crippen LogP contribution in [-0.2, 0) is 16.0 Å². The fourth-order valence-electron chi connectivity index (χ4n) is 1.85. The first-order valence-electron chi connectivity index (χ1n) is 5.70. The summed E-state index contributed by atoms with van der Waals surface area (Å²) >= 11 is 3.44. The molecule has 1 aliphatic rings. The lowest BCUT2D eigenvalue weighted by Gasteiger charge is -2.14. The van der Waals surface area contributed by atoms with Gasteiger partial charge in [-0.15, -0.1) is 0 Å². The smallest absolute Gasteiger partial charge is 0.417 e. The molecule has 0 atom stereocenters. The van der Waals surface area contributed by atoms with Crippen LogP contribution in [0.1, 0.15) is 19.4 Å². The van der Waals surface area contributed by atoms with Crippen molar-refractivity contribution in [1.29, 1.82) is 0 Å². The number of halogens is 1. The Labute approximate surface area is 114 Å². The number of imide groups is 1. The third-order valence-corrected chi connectivity index (χ3v) is 3.66. The minimum Gasteiger partial charge on any atom is -0.433 e. The van der Waals surface area contributed by atoms with Gasteiger partial charge in [-0.1, -0.05) is 34.1 Å². The molecule has 0 aliphatic carbocycles. The van der Waals surface area contributed by atoms with Gasteiger partial charge in [0.05, 0.1) is 0 Å². The van der Waals surface area contributed by atoms with Crippen molar-refractivity contribution in [3.05, 3.63) is 34.3 Å². The van der Waals surface area contributed by atoms with E-state index < -0.39 is 11.7 Å². The van der Waals surface area contributed by atoms with Crippen molar-refractivity contribution >= 4 is 27.9 Å². The summed E-state index contributed by atoms with van der Waals surface area (Å²) in [4.78, 5) is 24.7. The second kappa shape index (κ2) is 4.72. The number of carbonyl (C=O) groups excluding carboxylic acids is 2. The normalized spacial score (nSPS) is 18.1. The zero-order chi connectivity index (χ0) is 13.3. The van der Waals surface area contributed by atoms with Crippen molar-refractivity contribution in [2.75, 3.05) is 6.54 Å². The lowest BCUT2D eigenvalue weighted by molar-refractivity contribution is -0.134. The standard InChI is InChI=1S/C13H14BrNO3/c1-13(2)11(16)15(12(17)18-13)8-7-9-5-3-4-6-10(9)14/h3-6H,7-8H2,1-2H3. The van der Waals surface area contributed by atoms with E-state index in [1.165, 1.54) is 4.90 Å². The van der Waals surface area contributed by atoms with Gasteiger partial charge < -0.3 is 4.74 Å². The summed E-state index contributed by atoms with van der Waals surface area (Å²) in [7, 11) is 0. The van der Waals surface area contributed by atoms with Crippen LogP contribution in [0.25, 0.3) is 0 Å². The van der Waals surface area contributed by atoms with E-state index in [4.69, 9.17) is 4.74 Å². The van der Waals surface area contributed by atoms with Gasteiger partial charge in [-0.2, -0.15) is 0 Å². The Morgan fingerprint density at radius 3 is 2.50 bits per heavy atom. The van der Waals surface area contributed by atoms with E-state index in [2.05, 4.69) is 15.9 Å². The van der Waals surface area contributed by atoms with Gasteiger partial charge in [-0.05, 0) is 31.9 Å². The third-order valence-electron chi connectivity index (χ3n) is 2.89. The van der Waals surface area contributed by atoms with Crippen molar-refractivity contribution in [1.82, 2.24) is 4.90 Å². The summed E-state index contributed by atoms with van der Waals surface area (Å²) in [6.07, 6.45) is 0.0512. The molecule has 1 heterocycles. The summed E-state index contributed by atoms with van der Waals surface area (Å²) in [5, 5.41) is 0. The molecule has 1 aromatic rings. The predicted octanol–water partition coefficient (Wildman–Crippen LogP) is 2.75. The summed E-state index contributed by atoms with van der Waals surface area (Å²) in [5.74, 6) is -0.278. The largest absolute Gasteiger partial charge is 0.433 e. The minimum absolute atomic E-state index is 0.278. The van der Waals surface area contributed by atoms with Crippen LogP contribution in [0.5, 0.6) is 0 Å². The van der Waals surface area contributed by atoms with Crippen LogP contribution in [0.15, 0.2) is 28.7 Å². The lowest BCUT2D eigenvalue weighted by Crippen LogP contribution is -2.37. The molecule has 1 fully saturated rings. The number of amides is 2. The fourth-order valence-corrected chi connectivity index (χ4v) is 2.33. The van der Waals surface area contributed by atoms with Crippen molar-refractivity contribution in [3.8, 4) is 0 Å². The maximum absolute atomic E-state index is 11.9. The molecule has 1 saturated heterocycles. The fraction of sp³-hybridized carbons (Fsp3) is 0.385. The quantitative estimate of drug-likeness (QED) is 0.862. The summed E-state index contributed by atoms with van der Waals surface area (Å²) in [6, 6.07) is 7.74. The van der Waals surface area contributed by atoms with Gasteiger partial charge in [0, 0.05) is 11.0 Å². The van der Waals surface area contributed by atoms with Crippen LogP contribution >= 0.6 is 15.9 Å². The zero-order valence-corrected chi connectivity index (χ0v) is 11.9. The molecule has 2 rings (SSSR count). The van der Waals surface area contributed by atoms with Gasteiger partial charge in [-0.3, -0.25) is 4.79 Å². The lowest BCUT2D eigenvalue weighted by atomic mass is 10.1. The molecular weight excluding hydrogens is 298 g/mol. The Kier molecular flexibility index (Phi) is 3.43. The molecule has 2 amide bonds. The van der Waals surface area contributed by atoms with Gasteiger partial charge in [0.1, 0.15) is 0 Å². The Hall–Kier alpha value is -1.36. The number of hydrogen-bond donors (Lipinski definition) is 0. The second-order valence-corrected chi connectivity index (χ2v) is 5.53. The van der Waals surface area contributed by atoms with E-state index in [-0.39, 0.29) is 5.91 Å². The molecule has 4 nitrogen and oxygen atoms in total. The van der Waals surface area contributed by atoms with Crippen molar-refractivity contribution in [2.24, 2.45) is 0 Å². The van der Waals surface area contributed by atoms with Crippen molar-refractivity contribution in [2.45, 2.75) is 25.9 Å². The molecule has 96 valence electrons. The van der Waals surface area contributed by atoms with Crippen LogP contribution < -0.4 is 0 Å². The van der Waals surface area contributed by atoms with Gasteiger partial charge in [-0.25, -0.2) is 9.69 Å². The SMILES string of the molecule is CC1(C)OC(=O)N(CCc2ccccc2Br)C1=O. The van der Waals surface area contributed by atoms with Gasteiger partial charge in [0.25, 0.3) is 5.91 Å². The molecule has 5 heteroatoms. The van der Waals surface area contributed by atoms with Gasteiger partial charge in [0.15, 0.2) is 5.60 Å². The summed E-state index contributed by atoms with van der Waals surface area (Å²) < 4.78 is 5.99. The number of carbonyl (C=O) groups is 2. The van der Waals surface area contributed by atoms with Crippen LogP contribution in [0.3, 0.4) is 0 Å². The monoisotopic (exact) mass is 311 g/mol. The maximum Gasteiger partial charge on any atom is 0.417 e. The van der Waals surface area contributed by atoms with Gasteiger partial charge >= 0.3 is 6.09 Å². The maximum atomic E-state index is 11.9. The van der Waals surface area contributed by atoms with Crippen LogP contribution in [0.2, 0.25) is 0 Å². The highest BCUT2D eigenvalue weighted by Crippen LogP contribution is 2.24. The number of benzene rings is 1. The van der Waals surface area contributed by atoms with Gasteiger partial charge in [0.2, 0.25) is 0 Å². The van der Waals surface area contributed by atoms with E-state index in [0.29, 0.717) is 13.0 Å². The Bertz CT molecular complexity index is 499. The average Bonchev–Trinajstić information content (AvgIpc) is 2.49. The molecule has 0 spiro atoms. The summed E-state index contributed by atoms with van der Waals surface area (Å²) in [6.45, 7) is 3.54. The molecular formula is C13H14BrNO3. The highest BCUT2D eigenvalue weighted by atomic mass is 79.9. The first-order chi connectivity index (χ1) is 8.42. The van der Waals surface area contributed by atoms with Crippen LogP contribution in [0, 0.1) is 0 Å². The van der Waals surface area contributed by atoms with E-state index in [1.54, 1.807) is 13.8 Å². The number of ether oxygens (including phenoxy) is 1. The molecule has 0 aromatic heterocycles.